The molecule has 3 aromatic carbocycles. The van der Waals surface area contributed by atoms with Gasteiger partial charge in [-0.3, -0.25) is 19.8 Å². The van der Waals surface area contributed by atoms with E-state index in [1.807, 2.05) is 61.5 Å². The first kappa shape index (κ1) is 23.2. The van der Waals surface area contributed by atoms with Gasteiger partial charge in [0.15, 0.2) is 5.54 Å². The van der Waals surface area contributed by atoms with Crippen LogP contribution in [0, 0.1) is 17.0 Å². The Morgan fingerprint density at radius 1 is 1.17 bits per heavy atom. The highest BCUT2D eigenvalue weighted by atomic mass is 79.9. The van der Waals surface area contributed by atoms with Crippen molar-refractivity contribution in [2.24, 2.45) is 0 Å². The fourth-order valence-electron chi connectivity index (χ4n) is 6.46. The number of benzene rings is 3. The smallest absolute Gasteiger partial charge is 0.256 e. The standard InChI is InChI=1S/C28H26BrN3O4/c1-17-8-10-18(11-9-17)16-36-24-13-12-19(15-21(24)29)25-23-7-4-14-31(23)28(26(25)32(34)35)20-5-2-3-6-22(20)30-27(28)33/h2-3,5-6,8-13,15,23,25-26H,4,7,14,16H2,1H3,(H,30,33)/t23-,25+,26-,28-/m0/s1. The first-order valence-electron chi connectivity index (χ1n) is 12.2. The molecule has 3 aliphatic heterocycles. The maximum Gasteiger partial charge on any atom is 0.256 e. The summed E-state index contributed by atoms with van der Waals surface area (Å²) in [4.78, 5) is 28.2. The van der Waals surface area contributed by atoms with Gasteiger partial charge in [0, 0.05) is 28.8 Å². The molecule has 0 unspecified atom stereocenters. The molecule has 184 valence electrons. The number of nitro groups is 1. The molecule has 1 N–H and O–H groups in total. The van der Waals surface area contributed by atoms with Crippen molar-refractivity contribution < 1.29 is 14.5 Å². The molecule has 0 aliphatic carbocycles. The number of ether oxygens (including phenoxy) is 1. The fourth-order valence-corrected chi connectivity index (χ4v) is 6.97. The lowest BCUT2D eigenvalue weighted by molar-refractivity contribution is -0.534. The molecule has 1 amide bonds. The predicted octanol–water partition coefficient (Wildman–Crippen LogP) is 5.39. The quantitative estimate of drug-likeness (QED) is 0.342. The van der Waals surface area contributed by atoms with Gasteiger partial charge in [-0.2, -0.15) is 0 Å². The molecule has 0 saturated carbocycles. The van der Waals surface area contributed by atoms with E-state index in [2.05, 4.69) is 38.3 Å². The number of fused-ring (bicyclic) bond motifs is 4. The third-order valence-electron chi connectivity index (χ3n) is 7.95. The van der Waals surface area contributed by atoms with Gasteiger partial charge in [0.1, 0.15) is 12.4 Å². The van der Waals surface area contributed by atoms with E-state index < -0.39 is 17.5 Å². The number of nitrogens with zero attached hydrogens (tertiary/aromatic N) is 2. The number of nitrogens with one attached hydrogen (secondary N) is 1. The van der Waals surface area contributed by atoms with E-state index in [1.165, 1.54) is 5.56 Å². The zero-order chi connectivity index (χ0) is 25.0. The molecular weight excluding hydrogens is 522 g/mol. The van der Waals surface area contributed by atoms with Gasteiger partial charge in [-0.15, -0.1) is 0 Å². The molecule has 6 rings (SSSR count). The second kappa shape index (κ2) is 8.71. The zero-order valence-corrected chi connectivity index (χ0v) is 21.4. The number of para-hydroxylation sites is 1. The highest BCUT2D eigenvalue weighted by Crippen LogP contribution is 2.58. The van der Waals surface area contributed by atoms with Crippen LogP contribution in [0.3, 0.4) is 0 Å². The Morgan fingerprint density at radius 2 is 1.94 bits per heavy atom. The highest BCUT2D eigenvalue weighted by Gasteiger charge is 2.73. The van der Waals surface area contributed by atoms with E-state index in [9.17, 15) is 14.9 Å². The van der Waals surface area contributed by atoms with Crippen LogP contribution in [0.15, 0.2) is 71.2 Å². The SMILES string of the molecule is Cc1ccc(COc2ccc([C@H]3[C@H]([N+](=O)[O-])[C@@]4(C(=O)Nc5ccccc54)N4CCC[C@@H]34)cc2Br)cc1. The zero-order valence-electron chi connectivity index (χ0n) is 19.8. The number of carbonyl (C=O) groups excluding carboxylic acids is 1. The summed E-state index contributed by atoms with van der Waals surface area (Å²) in [5.74, 6) is -0.0457. The van der Waals surface area contributed by atoms with Crippen LogP contribution in [-0.2, 0) is 16.9 Å². The van der Waals surface area contributed by atoms with Crippen molar-refractivity contribution in [3.63, 3.8) is 0 Å². The molecule has 1 spiro atoms. The van der Waals surface area contributed by atoms with Gasteiger partial charge >= 0.3 is 0 Å². The summed E-state index contributed by atoms with van der Waals surface area (Å²) in [7, 11) is 0. The Labute approximate surface area is 217 Å². The number of amides is 1. The molecule has 0 aromatic heterocycles. The number of hydrogen-bond donors (Lipinski definition) is 1. The minimum Gasteiger partial charge on any atom is -0.488 e. The van der Waals surface area contributed by atoms with Crippen LogP contribution in [0.25, 0.3) is 0 Å². The number of rotatable bonds is 5. The predicted molar refractivity (Wildman–Crippen MR) is 140 cm³/mol. The molecule has 3 aliphatic rings. The van der Waals surface area contributed by atoms with Crippen molar-refractivity contribution in [2.75, 3.05) is 11.9 Å². The Hall–Kier alpha value is -3.23. The van der Waals surface area contributed by atoms with Gasteiger partial charge in [-0.05, 0) is 65.0 Å². The van der Waals surface area contributed by atoms with E-state index in [4.69, 9.17) is 4.74 Å². The second-order valence-electron chi connectivity index (χ2n) is 9.89. The lowest BCUT2D eigenvalue weighted by Gasteiger charge is -2.32. The van der Waals surface area contributed by atoms with Crippen molar-refractivity contribution in [1.82, 2.24) is 4.90 Å². The molecule has 2 fully saturated rings. The molecular formula is C28H26BrN3O4. The molecule has 2 saturated heterocycles. The van der Waals surface area contributed by atoms with Gasteiger partial charge in [0.25, 0.3) is 11.9 Å². The molecule has 3 aromatic rings. The Kier molecular flexibility index (Phi) is 5.61. The van der Waals surface area contributed by atoms with Crippen LogP contribution >= 0.6 is 15.9 Å². The van der Waals surface area contributed by atoms with Crippen LogP contribution in [-0.4, -0.2) is 34.4 Å². The monoisotopic (exact) mass is 547 g/mol. The Morgan fingerprint density at radius 3 is 2.69 bits per heavy atom. The molecule has 4 atom stereocenters. The van der Waals surface area contributed by atoms with Crippen LogP contribution in [0.1, 0.15) is 41.0 Å². The lowest BCUT2D eigenvalue weighted by Crippen LogP contribution is -2.55. The van der Waals surface area contributed by atoms with Gasteiger partial charge in [-0.25, -0.2) is 0 Å². The summed E-state index contributed by atoms with van der Waals surface area (Å²) in [5, 5.41) is 15.7. The number of aryl methyl sites for hydroxylation is 1. The Bertz CT molecular complexity index is 1360. The topological polar surface area (TPSA) is 84.7 Å². The van der Waals surface area contributed by atoms with Crippen molar-refractivity contribution in [1.29, 1.82) is 0 Å². The van der Waals surface area contributed by atoms with Gasteiger partial charge < -0.3 is 10.1 Å². The molecule has 7 nitrogen and oxygen atoms in total. The third-order valence-corrected chi connectivity index (χ3v) is 8.57. The van der Waals surface area contributed by atoms with Crippen LogP contribution in [0.4, 0.5) is 5.69 Å². The van der Waals surface area contributed by atoms with Crippen LogP contribution in [0.5, 0.6) is 5.75 Å². The fraction of sp³-hybridized carbons (Fsp3) is 0.321. The third kappa shape index (κ3) is 3.38. The number of hydrogen-bond acceptors (Lipinski definition) is 5. The van der Waals surface area contributed by atoms with E-state index in [-0.39, 0.29) is 16.9 Å². The highest BCUT2D eigenvalue weighted by molar-refractivity contribution is 9.10. The first-order chi connectivity index (χ1) is 17.4. The van der Waals surface area contributed by atoms with Crippen molar-refractivity contribution in [3.05, 3.63) is 104 Å². The van der Waals surface area contributed by atoms with Crippen molar-refractivity contribution in [2.45, 2.75) is 49.9 Å². The molecule has 36 heavy (non-hydrogen) atoms. The van der Waals surface area contributed by atoms with Crippen molar-refractivity contribution in [3.8, 4) is 5.75 Å². The summed E-state index contributed by atoms with van der Waals surface area (Å²) >= 11 is 3.63. The summed E-state index contributed by atoms with van der Waals surface area (Å²) in [5.41, 5.74) is 3.18. The largest absolute Gasteiger partial charge is 0.488 e. The molecule has 0 bridgehead atoms. The van der Waals surface area contributed by atoms with Gasteiger partial charge in [0.05, 0.1) is 10.4 Å². The maximum atomic E-state index is 13.6. The van der Waals surface area contributed by atoms with Gasteiger partial charge in [0.2, 0.25) is 0 Å². The first-order valence-corrected chi connectivity index (χ1v) is 13.0. The minimum absolute atomic E-state index is 0.0940. The normalized spacial score (nSPS) is 26.6. The van der Waals surface area contributed by atoms with Crippen LogP contribution < -0.4 is 10.1 Å². The summed E-state index contributed by atoms with van der Waals surface area (Å²) in [6.07, 6.45) is 1.72. The molecule has 3 heterocycles. The maximum absolute atomic E-state index is 13.6. The Balaban J connectivity index is 1.37. The summed E-state index contributed by atoms with van der Waals surface area (Å²) < 4.78 is 6.79. The van der Waals surface area contributed by atoms with E-state index >= 15 is 0 Å². The van der Waals surface area contributed by atoms with E-state index in [0.717, 1.165) is 28.4 Å². The lowest BCUT2D eigenvalue weighted by atomic mass is 9.77. The average molecular weight is 548 g/mol. The second-order valence-corrected chi connectivity index (χ2v) is 10.7. The number of anilines is 1. The van der Waals surface area contributed by atoms with E-state index in [0.29, 0.717) is 30.2 Å². The molecule has 0 radical (unpaired) electrons. The van der Waals surface area contributed by atoms with Crippen LogP contribution in [0.2, 0.25) is 0 Å². The van der Waals surface area contributed by atoms with Gasteiger partial charge in [-0.1, -0.05) is 54.1 Å². The minimum atomic E-state index is -1.31. The summed E-state index contributed by atoms with van der Waals surface area (Å²) in [6.45, 7) is 3.13. The number of carbonyl (C=O) groups is 1. The van der Waals surface area contributed by atoms with E-state index in [1.54, 1.807) is 0 Å². The summed E-state index contributed by atoms with van der Waals surface area (Å²) in [6, 6.07) is 20.1. The average Bonchev–Trinajstić information content (AvgIpc) is 3.52. The number of halogens is 1. The molecule has 8 heteroatoms. The van der Waals surface area contributed by atoms with Crippen molar-refractivity contribution >= 4 is 27.5 Å².